The summed E-state index contributed by atoms with van der Waals surface area (Å²) in [6, 6.07) is 11.6. The molecule has 0 bridgehead atoms. The van der Waals surface area contributed by atoms with Gasteiger partial charge in [-0.05, 0) is 49.5 Å². The third-order valence-electron chi connectivity index (χ3n) is 3.90. The van der Waals surface area contributed by atoms with Gasteiger partial charge in [0.1, 0.15) is 29.3 Å². The Balaban J connectivity index is 2.38. The van der Waals surface area contributed by atoms with Crippen LogP contribution in [-0.2, 0) is 6.18 Å². The zero-order valence-corrected chi connectivity index (χ0v) is 15.9. The summed E-state index contributed by atoms with van der Waals surface area (Å²) in [6.07, 6.45) is -5.10. The number of alkyl halides is 3. The predicted molar refractivity (Wildman–Crippen MR) is 103 cm³/mol. The number of halogens is 4. The quantitative estimate of drug-likeness (QED) is 0.500. The molecule has 0 saturated carbocycles. The zero-order valence-electron chi connectivity index (χ0n) is 15.1. The van der Waals surface area contributed by atoms with Crippen molar-refractivity contribution in [2.24, 2.45) is 4.99 Å². The number of benzene rings is 2. The molecule has 1 atom stereocenters. The molecule has 0 radical (unpaired) electrons. The third kappa shape index (κ3) is 5.05. The average Bonchev–Trinajstić information content (AvgIpc) is 2.64. The first kappa shape index (κ1) is 21.3. The van der Waals surface area contributed by atoms with Crippen LogP contribution in [0.25, 0.3) is 5.70 Å². The maximum atomic E-state index is 12.9. The van der Waals surface area contributed by atoms with Gasteiger partial charge in [0, 0.05) is 17.6 Å². The van der Waals surface area contributed by atoms with E-state index in [9.17, 15) is 18.4 Å². The van der Waals surface area contributed by atoms with E-state index < -0.39 is 17.8 Å². The molecule has 28 heavy (non-hydrogen) atoms. The lowest BCUT2D eigenvalue weighted by atomic mass is 10.1. The van der Waals surface area contributed by atoms with Crippen LogP contribution in [0, 0.1) is 11.3 Å². The smallest absolute Gasteiger partial charge is 0.416 e. The highest BCUT2D eigenvalue weighted by molar-refractivity contribution is 6.30. The van der Waals surface area contributed by atoms with E-state index in [4.69, 9.17) is 16.3 Å². The van der Waals surface area contributed by atoms with Crippen molar-refractivity contribution in [1.29, 1.82) is 5.26 Å². The highest BCUT2D eigenvalue weighted by Crippen LogP contribution is 2.33. The summed E-state index contributed by atoms with van der Waals surface area (Å²) < 4.78 is 44.6. The Kier molecular flexibility index (Phi) is 6.71. The maximum Gasteiger partial charge on any atom is 0.416 e. The number of hydrogen-bond donors (Lipinski definition) is 1. The fraction of sp³-hybridized carbons (Fsp3) is 0.200. The number of ether oxygens (including phenoxy) is 1. The highest BCUT2D eigenvalue weighted by Gasteiger charge is 2.30. The third-order valence-corrected chi connectivity index (χ3v) is 4.12. The molecule has 0 saturated heterocycles. The van der Waals surface area contributed by atoms with Crippen LogP contribution in [0.15, 0.2) is 53.2 Å². The highest BCUT2D eigenvalue weighted by atomic mass is 35.5. The molecule has 2 rings (SSSR count). The van der Waals surface area contributed by atoms with Crippen molar-refractivity contribution in [2.75, 3.05) is 7.05 Å². The Labute approximate surface area is 165 Å². The Hall–Kier alpha value is -2.98. The molecule has 0 amide bonds. The van der Waals surface area contributed by atoms with Gasteiger partial charge in [-0.2, -0.15) is 18.4 Å². The number of nitriles is 1. The summed E-state index contributed by atoms with van der Waals surface area (Å²) in [5.41, 5.74) is 0.570. The van der Waals surface area contributed by atoms with Gasteiger partial charge in [-0.25, -0.2) is 0 Å². The van der Waals surface area contributed by atoms with Crippen molar-refractivity contribution >= 4 is 24.0 Å². The van der Waals surface area contributed by atoms with E-state index >= 15 is 0 Å². The molecule has 0 aromatic heterocycles. The van der Waals surface area contributed by atoms with Crippen LogP contribution in [0.2, 0.25) is 5.02 Å². The van der Waals surface area contributed by atoms with Gasteiger partial charge in [-0.15, -0.1) is 0 Å². The Morgan fingerprint density at radius 3 is 2.57 bits per heavy atom. The lowest BCUT2D eigenvalue weighted by molar-refractivity contribution is -0.137. The monoisotopic (exact) mass is 407 g/mol. The summed E-state index contributed by atoms with van der Waals surface area (Å²) in [5.74, 6) is 0.321. The van der Waals surface area contributed by atoms with E-state index in [-0.39, 0.29) is 11.4 Å². The largest absolute Gasteiger partial charge is 0.486 e. The van der Waals surface area contributed by atoms with E-state index in [1.807, 2.05) is 6.07 Å². The van der Waals surface area contributed by atoms with Gasteiger partial charge >= 0.3 is 6.18 Å². The molecule has 1 N–H and O–H groups in total. The topological polar surface area (TPSA) is 57.4 Å². The Bertz CT molecular complexity index is 948. The number of aliphatic imine (C=N–C) groups is 1. The van der Waals surface area contributed by atoms with E-state index in [1.165, 1.54) is 12.1 Å². The molecule has 2 aromatic carbocycles. The van der Waals surface area contributed by atoms with Crippen molar-refractivity contribution in [3.63, 3.8) is 0 Å². The normalized spacial score (nSPS) is 13.2. The number of nitrogens with one attached hydrogen (secondary N) is 1. The number of rotatable bonds is 6. The van der Waals surface area contributed by atoms with Gasteiger partial charge < -0.3 is 10.1 Å². The van der Waals surface area contributed by atoms with Gasteiger partial charge in [-0.3, -0.25) is 4.99 Å². The van der Waals surface area contributed by atoms with E-state index in [1.54, 1.807) is 32.2 Å². The summed E-state index contributed by atoms with van der Waals surface area (Å²) in [7, 11) is 1.57. The van der Waals surface area contributed by atoms with Crippen LogP contribution in [0.3, 0.4) is 0 Å². The van der Waals surface area contributed by atoms with Crippen LogP contribution >= 0.6 is 11.6 Å². The zero-order chi connectivity index (χ0) is 20.9. The summed E-state index contributed by atoms with van der Waals surface area (Å²) >= 11 is 6.14. The standard InChI is InChI=1S/C20H17ClF3N3O/c1-12(13-5-4-6-15(7-13)20(22,23)24)28-17-9-14(8-16(21)10-17)19(27-3)18(11-25)26-2/h4-10,12,26H,3H2,1-2H3/b19-18-. The minimum atomic E-state index is -4.44. The van der Waals surface area contributed by atoms with Crippen LogP contribution in [0.5, 0.6) is 5.75 Å². The maximum absolute atomic E-state index is 12.9. The fourth-order valence-corrected chi connectivity index (χ4v) is 2.77. The molecule has 0 heterocycles. The fourth-order valence-electron chi connectivity index (χ4n) is 2.55. The van der Waals surface area contributed by atoms with Crippen molar-refractivity contribution < 1.29 is 17.9 Å². The Morgan fingerprint density at radius 2 is 2.00 bits per heavy atom. The second-order valence-corrected chi connectivity index (χ2v) is 6.24. The molecule has 4 nitrogen and oxygen atoms in total. The molecule has 0 aliphatic carbocycles. The van der Waals surface area contributed by atoms with Crippen molar-refractivity contribution in [1.82, 2.24) is 5.32 Å². The minimum Gasteiger partial charge on any atom is -0.486 e. The Morgan fingerprint density at radius 1 is 1.29 bits per heavy atom. The van der Waals surface area contributed by atoms with Crippen LogP contribution < -0.4 is 10.1 Å². The van der Waals surface area contributed by atoms with Crippen LogP contribution in [0.4, 0.5) is 13.2 Å². The molecule has 0 aliphatic rings. The molecule has 2 aromatic rings. The van der Waals surface area contributed by atoms with E-state index in [0.717, 1.165) is 12.1 Å². The first-order chi connectivity index (χ1) is 13.2. The summed E-state index contributed by atoms with van der Waals surface area (Å²) in [5, 5.41) is 12.2. The molecule has 0 aliphatic heterocycles. The number of nitrogens with zero attached hydrogens (tertiary/aromatic N) is 2. The van der Waals surface area contributed by atoms with Crippen molar-refractivity contribution in [2.45, 2.75) is 19.2 Å². The molecule has 1 unspecified atom stereocenters. The molecule has 146 valence electrons. The van der Waals surface area contributed by atoms with Crippen LogP contribution in [-0.4, -0.2) is 13.8 Å². The summed E-state index contributed by atoms with van der Waals surface area (Å²) in [6.45, 7) is 5.10. The lowest BCUT2D eigenvalue weighted by Gasteiger charge is -2.18. The molecular weight excluding hydrogens is 391 g/mol. The second kappa shape index (κ2) is 8.81. The van der Waals surface area contributed by atoms with E-state index in [2.05, 4.69) is 17.0 Å². The van der Waals surface area contributed by atoms with Gasteiger partial charge in [0.05, 0.1) is 5.56 Å². The van der Waals surface area contributed by atoms with Crippen molar-refractivity contribution in [3.8, 4) is 11.8 Å². The SMILES string of the molecule is C=N/C(=C(/C#N)NC)c1cc(Cl)cc(OC(C)c2cccc(C(F)(F)F)c2)c1. The van der Waals surface area contributed by atoms with Crippen molar-refractivity contribution in [3.05, 3.63) is 69.9 Å². The lowest BCUT2D eigenvalue weighted by Crippen LogP contribution is -2.09. The average molecular weight is 408 g/mol. The number of allylic oxidation sites excluding steroid dienone is 1. The predicted octanol–water partition coefficient (Wildman–Crippen LogP) is 5.61. The number of hydrogen-bond acceptors (Lipinski definition) is 4. The first-order valence-corrected chi connectivity index (χ1v) is 8.51. The van der Waals surface area contributed by atoms with Gasteiger partial charge in [0.2, 0.25) is 0 Å². The van der Waals surface area contributed by atoms with Gasteiger partial charge in [0.25, 0.3) is 0 Å². The molecular formula is C20H17ClF3N3O. The minimum absolute atomic E-state index is 0.189. The van der Waals surface area contributed by atoms with Crippen LogP contribution in [0.1, 0.15) is 29.7 Å². The first-order valence-electron chi connectivity index (χ1n) is 8.13. The second-order valence-electron chi connectivity index (χ2n) is 5.80. The van der Waals surface area contributed by atoms with Gasteiger partial charge in [-0.1, -0.05) is 23.7 Å². The molecule has 8 heteroatoms. The van der Waals surface area contributed by atoms with E-state index in [0.29, 0.717) is 21.9 Å². The van der Waals surface area contributed by atoms with Gasteiger partial charge in [0.15, 0.2) is 0 Å². The molecule has 0 spiro atoms. The summed E-state index contributed by atoms with van der Waals surface area (Å²) in [4.78, 5) is 3.86. The molecule has 0 fully saturated rings.